The van der Waals surface area contributed by atoms with Gasteiger partial charge in [0.25, 0.3) is 0 Å². The van der Waals surface area contributed by atoms with Gasteiger partial charge in [0.15, 0.2) is 0 Å². The number of hydrogen-bond donors (Lipinski definition) is 2. The molecule has 114 valence electrons. The Balaban J connectivity index is 1.68. The van der Waals surface area contributed by atoms with Gasteiger partial charge in [-0.3, -0.25) is 0 Å². The predicted molar refractivity (Wildman–Crippen MR) is 82.4 cm³/mol. The second-order valence-corrected chi connectivity index (χ2v) is 7.33. The van der Waals surface area contributed by atoms with E-state index in [9.17, 15) is 5.11 Å². The summed E-state index contributed by atoms with van der Waals surface area (Å²) in [5, 5.41) is 14.1. The van der Waals surface area contributed by atoms with Crippen LogP contribution in [0.1, 0.15) is 43.4 Å². The van der Waals surface area contributed by atoms with Crippen molar-refractivity contribution in [2.45, 2.75) is 44.8 Å². The van der Waals surface area contributed by atoms with Crippen molar-refractivity contribution in [3.8, 4) is 5.75 Å². The number of aryl methyl sites for hydroxylation is 1. The van der Waals surface area contributed by atoms with Gasteiger partial charge in [-0.1, -0.05) is 13.0 Å². The molecule has 1 saturated heterocycles. The van der Waals surface area contributed by atoms with E-state index in [1.807, 2.05) is 0 Å². The van der Waals surface area contributed by atoms with Crippen LogP contribution in [0.2, 0.25) is 0 Å². The lowest BCUT2D eigenvalue weighted by molar-refractivity contribution is -0.0196. The molecule has 1 heterocycles. The van der Waals surface area contributed by atoms with Crippen LogP contribution in [0.25, 0.3) is 0 Å². The molecule has 3 nitrogen and oxygen atoms in total. The molecule has 1 aliphatic heterocycles. The number of rotatable bonds is 1. The second-order valence-electron chi connectivity index (χ2n) is 7.33. The van der Waals surface area contributed by atoms with Crippen molar-refractivity contribution in [2.24, 2.45) is 17.3 Å². The Morgan fingerprint density at radius 2 is 2.14 bits per heavy atom. The molecule has 0 radical (unpaired) electrons. The summed E-state index contributed by atoms with van der Waals surface area (Å²) in [7, 11) is 1.73. The normalized spacial score (nSPS) is 41.1. The van der Waals surface area contributed by atoms with Crippen LogP contribution in [0.5, 0.6) is 5.75 Å². The average molecular weight is 287 g/mol. The zero-order valence-electron chi connectivity index (χ0n) is 12.9. The molecule has 1 saturated carbocycles. The topological polar surface area (TPSA) is 41.5 Å². The lowest BCUT2D eigenvalue weighted by Gasteiger charge is -2.50. The highest BCUT2D eigenvalue weighted by Gasteiger charge is 2.54. The molecule has 1 aromatic rings. The molecule has 3 aliphatic rings. The number of piperidine rings is 1. The highest BCUT2D eigenvalue weighted by Crippen LogP contribution is 2.55. The van der Waals surface area contributed by atoms with Crippen LogP contribution in [0, 0.1) is 17.3 Å². The molecule has 0 amide bonds. The molecular weight excluding hydrogens is 262 g/mol. The molecule has 0 bridgehead atoms. The average Bonchev–Trinajstić information content (AvgIpc) is 2.82. The fraction of sp³-hybridized carbons (Fsp3) is 0.667. The molecule has 21 heavy (non-hydrogen) atoms. The van der Waals surface area contributed by atoms with Crippen LogP contribution in [0.15, 0.2) is 18.2 Å². The van der Waals surface area contributed by atoms with Crippen molar-refractivity contribution >= 4 is 0 Å². The summed E-state index contributed by atoms with van der Waals surface area (Å²) in [6, 6.07) is 6.99. The predicted octanol–water partition coefficient (Wildman–Crippen LogP) is 2.68. The summed E-state index contributed by atoms with van der Waals surface area (Å²) in [5.41, 5.74) is 2.96. The van der Waals surface area contributed by atoms with Gasteiger partial charge >= 0.3 is 0 Å². The molecule has 2 N–H and O–H groups in total. The maximum atomic E-state index is 10.4. The van der Waals surface area contributed by atoms with Gasteiger partial charge in [0, 0.05) is 18.0 Å². The first-order valence-corrected chi connectivity index (χ1v) is 8.22. The van der Waals surface area contributed by atoms with Crippen molar-refractivity contribution in [1.29, 1.82) is 0 Å². The number of benzene rings is 1. The molecular formula is C18H25NO2. The number of aliphatic hydroxyl groups is 1. The SMILES string of the molecule is COc1ccc2c(c1)CCC1C2NCC2(C)C(O)CCC12. The van der Waals surface area contributed by atoms with Crippen molar-refractivity contribution in [2.75, 3.05) is 13.7 Å². The molecule has 5 unspecified atom stereocenters. The number of hydrogen-bond acceptors (Lipinski definition) is 3. The maximum Gasteiger partial charge on any atom is 0.119 e. The van der Waals surface area contributed by atoms with E-state index in [-0.39, 0.29) is 11.5 Å². The van der Waals surface area contributed by atoms with E-state index in [0.29, 0.717) is 17.9 Å². The van der Waals surface area contributed by atoms with Crippen molar-refractivity contribution in [3.05, 3.63) is 29.3 Å². The van der Waals surface area contributed by atoms with E-state index in [4.69, 9.17) is 4.74 Å². The fourth-order valence-corrected chi connectivity index (χ4v) is 5.17. The van der Waals surface area contributed by atoms with Crippen molar-refractivity contribution in [3.63, 3.8) is 0 Å². The maximum absolute atomic E-state index is 10.4. The highest BCUT2D eigenvalue weighted by molar-refractivity contribution is 5.40. The summed E-state index contributed by atoms with van der Waals surface area (Å²) in [6.07, 6.45) is 4.39. The number of ether oxygens (including phenoxy) is 1. The Morgan fingerprint density at radius 3 is 2.95 bits per heavy atom. The number of nitrogens with one attached hydrogen (secondary N) is 1. The summed E-state index contributed by atoms with van der Waals surface area (Å²) < 4.78 is 5.36. The molecule has 2 fully saturated rings. The molecule has 1 aromatic carbocycles. The van der Waals surface area contributed by atoms with Gasteiger partial charge in [-0.15, -0.1) is 0 Å². The molecule has 5 atom stereocenters. The minimum Gasteiger partial charge on any atom is -0.497 e. The monoisotopic (exact) mass is 287 g/mol. The molecule has 0 spiro atoms. The van der Waals surface area contributed by atoms with Gasteiger partial charge in [-0.05, 0) is 60.8 Å². The van der Waals surface area contributed by atoms with Crippen LogP contribution < -0.4 is 10.1 Å². The van der Waals surface area contributed by atoms with Gasteiger partial charge in [-0.25, -0.2) is 0 Å². The number of methoxy groups -OCH3 is 1. The van der Waals surface area contributed by atoms with Crippen molar-refractivity contribution in [1.82, 2.24) is 5.32 Å². The van der Waals surface area contributed by atoms with Gasteiger partial charge in [-0.2, -0.15) is 0 Å². The zero-order chi connectivity index (χ0) is 14.6. The van der Waals surface area contributed by atoms with Crippen LogP contribution in [-0.2, 0) is 6.42 Å². The van der Waals surface area contributed by atoms with E-state index < -0.39 is 0 Å². The van der Waals surface area contributed by atoms with Crippen molar-refractivity contribution < 1.29 is 9.84 Å². The largest absolute Gasteiger partial charge is 0.497 e. The van der Waals surface area contributed by atoms with Crippen LogP contribution in [0.4, 0.5) is 0 Å². The second kappa shape index (κ2) is 4.72. The standard InChI is InChI=1S/C18H25NO2/c1-18-10-19-17-13-6-4-12(21-2)9-11(13)3-5-14(17)15(18)7-8-16(18)20/h4,6,9,14-17,19-20H,3,5,7-8,10H2,1-2H3. The van der Waals surface area contributed by atoms with Crippen LogP contribution in [-0.4, -0.2) is 24.9 Å². The summed E-state index contributed by atoms with van der Waals surface area (Å²) in [5.74, 6) is 2.29. The van der Waals surface area contributed by atoms with Crippen LogP contribution in [0.3, 0.4) is 0 Å². The summed E-state index contributed by atoms with van der Waals surface area (Å²) in [6.45, 7) is 3.22. The molecule has 2 aliphatic carbocycles. The fourth-order valence-electron chi connectivity index (χ4n) is 5.17. The lowest BCUT2D eigenvalue weighted by atomic mass is 9.62. The minimum absolute atomic E-state index is 0.0745. The Labute approximate surface area is 126 Å². The third kappa shape index (κ3) is 1.87. The van der Waals surface area contributed by atoms with E-state index >= 15 is 0 Å². The molecule has 0 aromatic heterocycles. The van der Waals surface area contributed by atoms with Gasteiger partial charge in [0.2, 0.25) is 0 Å². The zero-order valence-corrected chi connectivity index (χ0v) is 12.9. The van der Waals surface area contributed by atoms with Gasteiger partial charge < -0.3 is 15.2 Å². The van der Waals surface area contributed by atoms with Gasteiger partial charge in [0.1, 0.15) is 5.75 Å². The van der Waals surface area contributed by atoms with Crippen LogP contribution >= 0.6 is 0 Å². The Bertz CT molecular complexity index is 558. The highest BCUT2D eigenvalue weighted by atomic mass is 16.5. The number of aliphatic hydroxyl groups excluding tert-OH is 1. The Kier molecular flexibility index (Phi) is 3.05. The van der Waals surface area contributed by atoms with E-state index in [1.54, 1.807) is 7.11 Å². The third-order valence-corrected chi connectivity index (χ3v) is 6.44. The smallest absolute Gasteiger partial charge is 0.119 e. The molecule has 4 rings (SSSR count). The summed E-state index contributed by atoms with van der Waals surface area (Å²) in [4.78, 5) is 0. The van der Waals surface area contributed by atoms with E-state index in [1.165, 1.54) is 24.0 Å². The molecule has 3 heteroatoms. The van der Waals surface area contributed by atoms with E-state index in [2.05, 4.69) is 30.4 Å². The minimum atomic E-state index is -0.131. The quantitative estimate of drug-likeness (QED) is 0.834. The number of fused-ring (bicyclic) bond motifs is 5. The summed E-state index contributed by atoms with van der Waals surface area (Å²) >= 11 is 0. The first-order chi connectivity index (χ1) is 10.1. The first-order valence-electron chi connectivity index (χ1n) is 8.22. The Hall–Kier alpha value is -1.06. The van der Waals surface area contributed by atoms with Gasteiger partial charge in [0.05, 0.1) is 13.2 Å². The lowest BCUT2D eigenvalue weighted by Crippen LogP contribution is -2.54. The first kappa shape index (κ1) is 13.6. The third-order valence-electron chi connectivity index (χ3n) is 6.44. The Morgan fingerprint density at radius 1 is 1.29 bits per heavy atom. The van der Waals surface area contributed by atoms with E-state index in [0.717, 1.165) is 25.1 Å².